The molecule has 0 aliphatic heterocycles. The average molecular weight is 417 g/mol. The first-order valence-corrected chi connectivity index (χ1v) is 9.39. The van der Waals surface area contributed by atoms with E-state index in [2.05, 4.69) is 22.4 Å². The molecule has 112 valence electrons. The minimum Gasteiger partial charge on any atom is -1.00 e. The van der Waals surface area contributed by atoms with Crippen LogP contribution in [0.5, 0.6) is 0 Å². The second-order valence-corrected chi connectivity index (χ2v) is 7.38. The van der Waals surface area contributed by atoms with Crippen LogP contribution in [-0.4, -0.2) is 28.6 Å². The van der Waals surface area contributed by atoms with Crippen molar-refractivity contribution in [2.75, 3.05) is 19.8 Å². The SMILES string of the molecule is CCO[Si](CC[n+]1cscc1C)(OCC)OCC.[I-]. The smallest absolute Gasteiger partial charge is 0.507 e. The van der Waals surface area contributed by atoms with E-state index in [0.29, 0.717) is 19.8 Å². The Morgan fingerprint density at radius 2 is 1.63 bits per heavy atom. The quantitative estimate of drug-likeness (QED) is 0.306. The molecule has 4 nitrogen and oxygen atoms in total. The van der Waals surface area contributed by atoms with E-state index in [9.17, 15) is 0 Å². The van der Waals surface area contributed by atoms with Crippen LogP contribution < -0.4 is 28.5 Å². The fraction of sp³-hybridized carbons (Fsp3) is 0.750. The van der Waals surface area contributed by atoms with Crippen LogP contribution in [0.4, 0.5) is 0 Å². The summed E-state index contributed by atoms with van der Waals surface area (Å²) in [4.78, 5) is 0. The minimum absolute atomic E-state index is 0. The van der Waals surface area contributed by atoms with Gasteiger partial charge in [-0.2, -0.15) is 4.57 Å². The lowest BCUT2D eigenvalue weighted by Gasteiger charge is -2.27. The predicted molar refractivity (Wildman–Crippen MR) is 74.7 cm³/mol. The van der Waals surface area contributed by atoms with Crippen molar-refractivity contribution in [1.29, 1.82) is 0 Å². The van der Waals surface area contributed by atoms with Crippen LogP contribution in [0, 0.1) is 6.92 Å². The van der Waals surface area contributed by atoms with E-state index in [-0.39, 0.29) is 24.0 Å². The Kier molecular flexibility index (Phi) is 10.5. The number of aromatic nitrogens is 1. The predicted octanol–water partition coefficient (Wildman–Crippen LogP) is -0.604. The molecule has 1 aromatic rings. The van der Waals surface area contributed by atoms with Gasteiger partial charge in [-0.25, -0.2) is 0 Å². The molecule has 0 aromatic carbocycles. The number of nitrogens with zero attached hydrogens (tertiary/aromatic N) is 1. The first-order valence-electron chi connectivity index (χ1n) is 6.51. The molecule has 0 saturated heterocycles. The molecule has 0 spiro atoms. The Hall–Kier alpha value is 0.457. The normalized spacial score (nSPS) is 11.4. The van der Waals surface area contributed by atoms with Gasteiger partial charge in [0.2, 0.25) is 5.51 Å². The number of thiazole rings is 1. The third-order valence-electron chi connectivity index (χ3n) is 2.63. The third kappa shape index (κ3) is 6.17. The van der Waals surface area contributed by atoms with Gasteiger partial charge in [0, 0.05) is 26.7 Å². The molecule has 0 saturated carbocycles. The van der Waals surface area contributed by atoms with Gasteiger partial charge in [-0.05, 0) is 20.8 Å². The molecule has 0 aliphatic rings. The molecule has 1 heterocycles. The largest absolute Gasteiger partial charge is 1.00 e. The Labute approximate surface area is 138 Å². The molecule has 0 bridgehead atoms. The molecule has 1 rings (SSSR count). The van der Waals surface area contributed by atoms with Crippen molar-refractivity contribution in [1.82, 2.24) is 0 Å². The van der Waals surface area contributed by atoms with E-state index < -0.39 is 8.80 Å². The minimum atomic E-state index is -2.49. The molecule has 7 heteroatoms. The summed E-state index contributed by atoms with van der Waals surface area (Å²) >= 11 is 1.71. The molecule has 0 aliphatic carbocycles. The average Bonchev–Trinajstić information content (AvgIpc) is 2.73. The van der Waals surface area contributed by atoms with Crippen LogP contribution in [0.25, 0.3) is 0 Å². The number of hydrogen-bond donors (Lipinski definition) is 0. The molecule has 0 amide bonds. The Morgan fingerprint density at radius 1 is 1.11 bits per heavy atom. The van der Waals surface area contributed by atoms with Gasteiger partial charge in [0.05, 0.1) is 11.4 Å². The van der Waals surface area contributed by atoms with Gasteiger partial charge in [0.25, 0.3) is 0 Å². The van der Waals surface area contributed by atoms with Crippen molar-refractivity contribution in [3.8, 4) is 0 Å². The molecule has 0 radical (unpaired) electrons. The van der Waals surface area contributed by atoms with Crippen molar-refractivity contribution < 1.29 is 41.8 Å². The first kappa shape index (κ1) is 19.5. The second-order valence-electron chi connectivity index (χ2n) is 3.93. The van der Waals surface area contributed by atoms with Crippen molar-refractivity contribution in [2.45, 2.75) is 40.3 Å². The zero-order valence-corrected chi connectivity index (χ0v) is 16.1. The summed E-state index contributed by atoms with van der Waals surface area (Å²) < 4.78 is 19.7. The highest BCUT2D eigenvalue weighted by molar-refractivity contribution is 7.07. The molecule has 19 heavy (non-hydrogen) atoms. The summed E-state index contributed by atoms with van der Waals surface area (Å²) in [6.07, 6.45) is 0. The van der Waals surface area contributed by atoms with E-state index in [1.54, 1.807) is 11.3 Å². The number of halogens is 1. The summed E-state index contributed by atoms with van der Waals surface area (Å²) in [6, 6.07) is 0.824. The van der Waals surface area contributed by atoms with Crippen molar-refractivity contribution in [3.05, 3.63) is 16.6 Å². The fourth-order valence-electron chi connectivity index (χ4n) is 1.84. The molecular weight excluding hydrogens is 393 g/mol. The number of rotatable bonds is 9. The van der Waals surface area contributed by atoms with Gasteiger partial charge in [-0.15, -0.1) is 0 Å². The molecule has 0 fully saturated rings. The van der Waals surface area contributed by atoms with Crippen LogP contribution in [0.3, 0.4) is 0 Å². The third-order valence-corrected chi connectivity index (χ3v) is 6.51. The van der Waals surface area contributed by atoms with Gasteiger partial charge in [0.1, 0.15) is 0 Å². The topological polar surface area (TPSA) is 31.6 Å². The zero-order chi connectivity index (χ0) is 13.4. The van der Waals surface area contributed by atoms with Crippen molar-refractivity contribution in [3.63, 3.8) is 0 Å². The highest BCUT2D eigenvalue weighted by Crippen LogP contribution is 2.16. The highest BCUT2D eigenvalue weighted by Gasteiger charge is 2.41. The van der Waals surface area contributed by atoms with E-state index in [4.69, 9.17) is 13.3 Å². The van der Waals surface area contributed by atoms with Crippen LogP contribution in [-0.2, 0) is 19.8 Å². The van der Waals surface area contributed by atoms with Crippen molar-refractivity contribution in [2.24, 2.45) is 0 Å². The van der Waals surface area contributed by atoms with Gasteiger partial charge in [-0.1, -0.05) is 11.3 Å². The maximum Gasteiger partial charge on any atom is 0.507 e. The monoisotopic (exact) mass is 417 g/mol. The fourth-order valence-corrected chi connectivity index (χ4v) is 5.17. The second kappa shape index (κ2) is 10.2. The maximum atomic E-state index is 5.83. The number of hydrogen-bond acceptors (Lipinski definition) is 4. The number of aryl methyl sites for hydroxylation is 2. The van der Waals surface area contributed by atoms with Gasteiger partial charge >= 0.3 is 8.80 Å². The Bertz CT molecular complexity index is 334. The van der Waals surface area contributed by atoms with Crippen LogP contribution in [0.2, 0.25) is 6.04 Å². The summed E-state index contributed by atoms with van der Waals surface area (Å²) in [5, 5.41) is 2.14. The summed E-state index contributed by atoms with van der Waals surface area (Å²) in [7, 11) is -2.49. The van der Waals surface area contributed by atoms with Crippen LogP contribution in [0.15, 0.2) is 10.9 Å². The van der Waals surface area contributed by atoms with Gasteiger partial charge in [0.15, 0.2) is 12.2 Å². The lowest BCUT2D eigenvalue weighted by Crippen LogP contribution is -3.00. The summed E-state index contributed by atoms with van der Waals surface area (Å²) in [5.41, 5.74) is 3.39. The van der Waals surface area contributed by atoms with E-state index >= 15 is 0 Å². The van der Waals surface area contributed by atoms with E-state index in [0.717, 1.165) is 12.6 Å². The molecule has 0 N–H and O–H groups in total. The maximum absolute atomic E-state index is 5.83. The Balaban J connectivity index is 0.00000324. The lowest BCUT2D eigenvalue weighted by molar-refractivity contribution is -0.695. The van der Waals surface area contributed by atoms with Crippen LogP contribution in [0.1, 0.15) is 26.5 Å². The van der Waals surface area contributed by atoms with E-state index in [1.807, 2.05) is 20.8 Å². The van der Waals surface area contributed by atoms with E-state index in [1.165, 1.54) is 5.69 Å². The molecular formula is C12H24INO3SSi. The molecule has 1 aromatic heterocycles. The zero-order valence-electron chi connectivity index (χ0n) is 12.1. The lowest BCUT2D eigenvalue weighted by atomic mass is 10.5. The van der Waals surface area contributed by atoms with Gasteiger partial charge in [-0.3, -0.25) is 0 Å². The Morgan fingerprint density at radius 3 is 2.00 bits per heavy atom. The summed E-state index contributed by atoms with van der Waals surface area (Å²) in [6.45, 7) is 10.9. The summed E-state index contributed by atoms with van der Waals surface area (Å²) in [5.74, 6) is 0. The molecule has 0 atom stereocenters. The first-order chi connectivity index (χ1) is 8.67. The highest BCUT2D eigenvalue weighted by atomic mass is 127. The standard InChI is InChI=1S/C12H24NO3SSi.HI/c1-5-14-18(15-6-2,16-7-3)9-8-13-11-17-10-12(13)4;/h10-11H,5-9H2,1-4H3;1H/q+1;/p-1. The van der Waals surface area contributed by atoms with Crippen LogP contribution >= 0.6 is 11.3 Å². The van der Waals surface area contributed by atoms with Crippen molar-refractivity contribution >= 4 is 20.1 Å². The van der Waals surface area contributed by atoms with Gasteiger partial charge < -0.3 is 37.3 Å². The molecule has 0 unspecified atom stereocenters.